The van der Waals surface area contributed by atoms with E-state index in [1.807, 2.05) is 45.0 Å². The maximum absolute atomic E-state index is 5.79. The highest BCUT2D eigenvalue weighted by Crippen LogP contribution is 2.15. The van der Waals surface area contributed by atoms with Gasteiger partial charge in [-0.3, -0.25) is 0 Å². The van der Waals surface area contributed by atoms with Gasteiger partial charge in [-0.2, -0.15) is 0 Å². The van der Waals surface area contributed by atoms with Crippen molar-refractivity contribution in [1.82, 2.24) is 0 Å². The first-order chi connectivity index (χ1) is 7.49. The molecule has 90 valence electrons. The largest absolute Gasteiger partial charge is 0.491 e. The Morgan fingerprint density at radius 2 is 1.88 bits per heavy atom. The summed E-state index contributed by atoms with van der Waals surface area (Å²) in [6.45, 7) is 7.57. The second-order valence-corrected chi connectivity index (χ2v) is 4.66. The van der Waals surface area contributed by atoms with Crippen LogP contribution in [0.3, 0.4) is 0 Å². The van der Waals surface area contributed by atoms with Crippen LogP contribution in [0.1, 0.15) is 19.4 Å². The van der Waals surface area contributed by atoms with Gasteiger partial charge in [0.2, 0.25) is 0 Å². The van der Waals surface area contributed by atoms with Crippen LogP contribution in [0.5, 0.6) is 5.75 Å². The summed E-state index contributed by atoms with van der Waals surface area (Å²) in [5.74, 6) is 0.915. The minimum absolute atomic E-state index is 0.275. The smallest absolute Gasteiger partial charge is 0.122 e. The molecule has 0 heterocycles. The molecule has 16 heavy (non-hydrogen) atoms. The molecule has 0 bridgehead atoms. The normalized spacial score (nSPS) is 11.5. The van der Waals surface area contributed by atoms with E-state index >= 15 is 0 Å². The molecule has 2 N–H and O–H groups in total. The number of ether oxygens (including phenoxy) is 2. The standard InChI is InChI=1S/C13H21NO2/c1-11-6-4-5-7-12(11)16-9-8-15-10-13(2,3)14/h4-7H,8-10,14H2,1-3H3. The first-order valence-corrected chi connectivity index (χ1v) is 5.54. The first-order valence-electron chi connectivity index (χ1n) is 5.54. The van der Waals surface area contributed by atoms with Crippen molar-refractivity contribution in [3.63, 3.8) is 0 Å². The molecule has 0 amide bonds. The maximum atomic E-state index is 5.79. The number of aryl methyl sites for hydroxylation is 1. The molecule has 0 fully saturated rings. The molecule has 0 spiro atoms. The fraction of sp³-hybridized carbons (Fsp3) is 0.538. The van der Waals surface area contributed by atoms with Crippen molar-refractivity contribution in [2.75, 3.05) is 19.8 Å². The first kappa shape index (κ1) is 13.0. The molecular weight excluding hydrogens is 202 g/mol. The summed E-state index contributed by atoms with van der Waals surface area (Å²) in [4.78, 5) is 0. The van der Waals surface area contributed by atoms with Gasteiger partial charge in [-0.1, -0.05) is 18.2 Å². The fourth-order valence-corrected chi connectivity index (χ4v) is 1.26. The SMILES string of the molecule is Cc1ccccc1OCCOCC(C)(C)N. The van der Waals surface area contributed by atoms with Gasteiger partial charge in [0.05, 0.1) is 13.2 Å². The van der Waals surface area contributed by atoms with Crippen molar-refractivity contribution < 1.29 is 9.47 Å². The van der Waals surface area contributed by atoms with Crippen molar-refractivity contribution in [2.24, 2.45) is 5.73 Å². The Hall–Kier alpha value is -1.06. The van der Waals surface area contributed by atoms with Crippen molar-refractivity contribution in [1.29, 1.82) is 0 Å². The van der Waals surface area contributed by atoms with Crippen LogP contribution in [0.2, 0.25) is 0 Å². The monoisotopic (exact) mass is 223 g/mol. The Kier molecular flexibility index (Phi) is 4.77. The van der Waals surface area contributed by atoms with E-state index in [-0.39, 0.29) is 5.54 Å². The molecule has 0 saturated heterocycles. The third kappa shape index (κ3) is 5.14. The van der Waals surface area contributed by atoms with E-state index in [1.54, 1.807) is 0 Å². The summed E-state index contributed by atoms with van der Waals surface area (Å²) < 4.78 is 11.0. The number of hydrogen-bond acceptors (Lipinski definition) is 3. The van der Waals surface area contributed by atoms with E-state index in [4.69, 9.17) is 15.2 Å². The van der Waals surface area contributed by atoms with Crippen LogP contribution >= 0.6 is 0 Å². The van der Waals surface area contributed by atoms with E-state index in [2.05, 4.69) is 0 Å². The van der Waals surface area contributed by atoms with Gasteiger partial charge >= 0.3 is 0 Å². The minimum Gasteiger partial charge on any atom is -0.491 e. The summed E-state index contributed by atoms with van der Waals surface area (Å²) in [5.41, 5.74) is 6.65. The van der Waals surface area contributed by atoms with Crippen molar-refractivity contribution in [3.05, 3.63) is 29.8 Å². The van der Waals surface area contributed by atoms with Gasteiger partial charge in [0.1, 0.15) is 12.4 Å². The highest BCUT2D eigenvalue weighted by atomic mass is 16.5. The molecular formula is C13H21NO2. The van der Waals surface area contributed by atoms with Crippen molar-refractivity contribution >= 4 is 0 Å². The summed E-state index contributed by atoms with van der Waals surface area (Å²) in [6.07, 6.45) is 0. The molecule has 0 aliphatic carbocycles. The van der Waals surface area contributed by atoms with Crippen LogP contribution in [0.15, 0.2) is 24.3 Å². The second kappa shape index (κ2) is 5.87. The maximum Gasteiger partial charge on any atom is 0.122 e. The van der Waals surface area contributed by atoms with Crippen LogP contribution in [0.4, 0.5) is 0 Å². The van der Waals surface area contributed by atoms with E-state index in [1.165, 1.54) is 0 Å². The molecule has 0 atom stereocenters. The minimum atomic E-state index is -0.275. The van der Waals surface area contributed by atoms with Gasteiger partial charge in [0, 0.05) is 5.54 Å². The lowest BCUT2D eigenvalue weighted by molar-refractivity contribution is 0.0723. The Labute approximate surface area is 97.6 Å². The molecule has 1 aromatic rings. The summed E-state index contributed by atoms with van der Waals surface area (Å²) in [7, 11) is 0. The predicted octanol–water partition coefficient (Wildman–Crippen LogP) is 2.13. The second-order valence-electron chi connectivity index (χ2n) is 4.66. The summed E-state index contributed by atoms with van der Waals surface area (Å²) in [6, 6.07) is 7.95. The van der Waals surface area contributed by atoms with E-state index in [0.717, 1.165) is 11.3 Å². The Bertz CT molecular complexity index is 318. The van der Waals surface area contributed by atoms with Crippen LogP contribution in [0.25, 0.3) is 0 Å². The molecule has 0 saturated carbocycles. The molecule has 0 aliphatic rings. The van der Waals surface area contributed by atoms with Gasteiger partial charge in [-0.15, -0.1) is 0 Å². The number of benzene rings is 1. The Balaban J connectivity index is 2.19. The van der Waals surface area contributed by atoms with E-state index < -0.39 is 0 Å². The van der Waals surface area contributed by atoms with Crippen molar-refractivity contribution in [3.8, 4) is 5.75 Å². The molecule has 0 radical (unpaired) electrons. The molecule has 1 aromatic carbocycles. The quantitative estimate of drug-likeness (QED) is 0.751. The average molecular weight is 223 g/mol. The Morgan fingerprint density at radius 1 is 1.19 bits per heavy atom. The molecule has 3 nitrogen and oxygen atoms in total. The van der Waals surface area contributed by atoms with E-state index in [0.29, 0.717) is 19.8 Å². The topological polar surface area (TPSA) is 44.5 Å². The average Bonchev–Trinajstić information content (AvgIpc) is 2.18. The highest BCUT2D eigenvalue weighted by Gasteiger charge is 2.09. The van der Waals surface area contributed by atoms with E-state index in [9.17, 15) is 0 Å². The van der Waals surface area contributed by atoms with Crippen LogP contribution < -0.4 is 10.5 Å². The Morgan fingerprint density at radius 3 is 2.50 bits per heavy atom. The molecule has 0 aliphatic heterocycles. The lowest BCUT2D eigenvalue weighted by atomic mass is 10.1. The van der Waals surface area contributed by atoms with Gasteiger partial charge in [-0.05, 0) is 32.4 Å². The van der Waals surface area contributed by atoms with Crippen molar-refractivity contribution in [2.45, 2.75) is 26.3 Å². The highest BCUT2D eigenvalue weighted by molar-refractivity contribution is 5.31. The zero-order valence-electron chi connectivity index (χ0n) is 10.3. The lowest BCUT2D eigenvalue weighted by Gasteiger charge is -2.18. The molecule has 1 rings (SSSR count). The van der Waals surface area contributed by atoms with Gasteiger partial charge < -0.3 is 15.2 Å². The van der Waals surface area contributed by atoms with Gasteiger partial charge in [0.15, 0.2) is 0 Å². The van der Waals surface area contributed by atoms with Crippen LogP contribution in [-0.4, -0.2) is 25.4 Å². The lowest BCUT2D eigenvalue weighted by Crippen LogP contribution is -2.37. The molecule has 0 unspecified atom stereocenters. The van der Waals surface area contributed by atoms with Gasteiger partial charge in [-0.25, -0.2) is 0 Å². The number of hydrogen-bond donors (Lipinski definition) is 1. The van der Waals surface area contributed by atoms with Crippen LogP contribution in [0, 0.1) is 6.92 Å². The fourth-order valence-electron chi connectivity index (χ4n) is 1.26. The zero-order valence-corrected chi connectivity index (χ0v) is 10.3. The predicted molar refractivity (Wildman–Crippen MR) is 65.8 cm³/mol. The third-order valence-electron chi connectivity index (χ3n) is 2.05. The third-order valence-corrected chi connectivity index (χ3v) is 2.05. The molecule has 3 heteroatoms. The zero-order chi connectivity index (χ0) is 12.0. The number of nitrogens with two attached hydrogens (primary N) is 1. The van der Waals surface area contributed by atoms with Crippen LogP contribution in [-0.2, 0) is 4.74 Å². The summed E-state index contributed by atoms with van der Waals surface area (Å²) in [5, 5.41) is 0. The number of para-hydroxylation sites is 1. The molecule has 0 aromatic heterocycles. The number of rotatable bonds is 6. The van der Waals surface area contributed by atoms with Gasteiger partial charge in [0.25, 0.3) is 0 Å². The summed E-state index contributed by atoms with van der Waals surface area (Å²) >= 11 is 0.